The third-order valence-corrected chi connectivity index (χ3v) is 3.51. The first kappa shape index (κ1) is 15.0. The Labute approximate surface area is 122 Å². The summed E-state index contributed by atoms with van der Waals surface area (Å²) in [6.07, 6.45) is 0.507. The van der Waals surface area contributed by atoms with E-state index in [0.29, 0.717) is 18.6 Å². The predicted molar refractivity (Wildman–Crippen MR) is 73.4 cm³/mol. The van der Waals surface area contributed by atoms with Gasteiger partial charge in [-0.15, -0.1) is 0 Å². The first-order valence-electron chi connectivity index (χ1n) is 5.92. The van der Waals surface area contributed by atoms with E-state index in [4.69, 9.17) is 0 Å². The van der Waals surface area contributed by atoms with Gasteiger partial charge in [-0.05, 0) is 34.9 Å². The van der Waals surface area contributed by atoms with Crippen LogP contribution in [0.2, 0.25) is 0 Å². The second kappa shape index (κ2) is 6.40. The van der Waals surface area contributed by atoms with Crippen molar-refractivity contribution in [1.82, 2.24) is 5.32 Å². The lowest BCUT2D eigenvalue weighted by molar-refractivity contribution is -0.387. The fraction of sp³-hybridized carbons (Fsp3) is 0.154. The monoisotopic (exact) mass is 312 g/mol. The molecule has 2 aromatic rings. The number of hydrogen-bond donors (Lipinski definition) is 1. The van der Waals surface area contributed by atoms with Crippen molar-refractivity contribution >= 4 is 22.9 Å². The average Bonchev–Trinajstić information content (AvgIpc) is 2.91. The van der Waals surface area contributed by atoms with Crippen LogP contribution in [-0.2, 0) is 6.42 Å². The van der Waals surface area contributed by atoms with Gasteiger partial charge in [-0.2, -0.15) is 15.7 Å². The molecule has 0 aliphatic heterocycles. The maximum atomic E-state index is 13.8. The van der Waals surface area contributed by atoms with Gasteiger partial charge in [0.05, 0.1) is 4.92 Å². The molecule has 8 heteroatoms. The quantitative estimate of drug-likeness (QED) is 0.681. The smallest absolute Gasteiger partial charge is 0.305 e. The van der Waals surface area contributed by atoms with Crippen molar-refractivity contribution in [2.24, 2.45) is 0 Å². The van der Waals surface area contributed by atoms with Crippen LogP contribution in [0.15, 0.2) is 29.0 Å². The first-order valence-corrected chi connectivity index (χ1v) is 6.86. The summed E-state index contributed by atoms with van der Waals surface area (Å²) in [5.74, 6) is -3.61. The van der Waals surface area contributed by atoms with Gasteiger partial charge in [0, 0.05) is 12.6 Å². The van der Waals surface area contributed by atoms with Crippen LogP contribution < -0.4 is 5.32 Å². The summed E-state index contributed by atoms with van der Waals surface area (Å²) in [7, 11) is 0. The van der Waals surface area contributed by atoms with Gasteiger partial charge < -0.3 is 5.32 Å². The highest BCUT2D eigenvalue weighted by atomic mass is 32.1. The fourth-order valence-corrected chi connectivity index (χ4v) is 2.44. The Bertz CT molecular complexity index is 674. The van der Waals surface area contributed by atoms with Crippen molar-refractivity contribution in [1.29, 1.82) is 0 Å². The molecule has 0 bridgehead atoms. The van der Waals surface area contributed by atoms with Gasteiger partial charge in [-0.3, -0.25) is 14.9 Å². The van der Waals surface area contributed by atoms with E-state index in [-0.39, 0.29) is 6.54 Å². The molecule has 0 spiro atoms. The molecule has 0 radical (unpaired) electrons. The van der Waals surface area contributed by atoms with Gasteiger partial charge in [0.1, 0.15) is 11.4 Å². The Morgan fingerprint density at radius 3 is 2.71 bits per heavy atom. The third kappa shape index (κ3) is 3.40. The summed E-state index contributed by atoms with van der Waals surface area (Å²) in [5.41, 5.74) is -0.880. The highest BCUT2D eigenvalue weighted by Crippen LogP contribution is 2.22. The van der Waals surface area contributed by atoms with E-state index >= 15 is 0 Å². The van der Waals surface area contributed by atoms with Gasteiger partial charge in [0.2, 0.25) is 5.82 Å². The number of nitrogens with zero attached hydrogens (tertiary/aromatic N) is 1. The molecule has 110 valence electrons. The molecule has 0 aliphatic rings. The van der Waals surface area contributed by atoms with Crippen LogP contribution in [0.25, 0.3) is 0 Å². The summed E-state index contributed by atoms with van der Waals surface area (Å²) in [5, 5.41) is 16.7. The zero-order chi connectivity index (χ0) is 15.4. The zero-order valence-corrected chi connectivity index (χ0v) is 11.5. The Hall–Kier alpha value is -2.35. The fourth-order valence-electron chi connectivity index (χ4n) is 1.73. The highest BCUT2D eigenvalue weighted by molar-refractivity contribution is 7.07. The van der Waals surface area contributed by atoms with Crippen molar-refractivity contribution in [2.45, 2.75) is 6.42 Å². The number of hydrogen-bond acceptors (Lipinski definition) is 4. The third-order valence-electron chi connectivity index (χ3n) is 2.77. The van der Waals surface area contributed by atoms with E-state index in [2.05, 4.69) is 5.32 Å². The molecule has 1 heterocycles. The first-order chi connectivity index (χ1) is 10.0. The van der Waals surface area contributed by atoms with Crippen LogP contribution in [0.4, 0.5) is 14.5 Å². The normalized spacial score (nSPS) is 10.4. The molecule has 1 aromatic carbocycles. The summed E-state index contributed by atoms with van der Waals surface area (Å²) in [6.45, 7) is 0.178. The number of benzene rings is 1. The van der Waals surface area contributed by atoms with Gasteiger partial charge in [0.25, 0.3) is 5.91 Å². The molecular weight excluding hydrogens is 302 g/mol. The highest BCUT2D eigenvalue weighted by Gasteiger charge is 2.25. The number of carbonyl (C=O) groups is 1. The molecule has 0 fully saturated rings. The Morgan fingerprint density at radius 1 is 1.33 bits per heavy atom. The molecule has 1 amide bonds. The summed E-state index contributed by atoms with van der Waals surface area (Å²) in [6, 6.07) is 3.26. The zero-order valence-electron chi connectivity index (χ0n) is 10.6. The topological polar surface area (TPSA) is 72.2 Å². The number of nitro benzene ring substituents is 1. The number of halogens is 2. The van der Waals surface area contributed by atoms with Crippen LogP contribution in [0, 0.1) is 21.7 Å². The van der Waals surface area contributed by atoms with Crippen molar-refractivity contribution in [2.75, 3.05) is 6.54 Å². The SMILES string of the molecule is O=C(NCCc1ccsc1)c1c(F)ccc([N+](=O)[O-])c1F. The van der Waals surface area contributed by atoms with E-state index in [1.54, 1.807) is 0 Å². The largest absolute Gasteiger partial charge is 0.352 e. The lowest BCUT2D eigenvalue weighted by atomic mass is 10.1. The van der Waals surface area contributed by atoms with Crippen LogP contribution in [0.1, 0.15) is 15.9 Å². The lowest BCUT2D eigenvalue weighted by Gasteiger charge is -2.07. The molecule has 0 aliphatic carbocycles. The second-order valence-corrected chi connectivity index (χ2v) is 4.93. The molecule has 1 N–H and O–H groups in total. The lowest BCUT2D eigenvalue weighted by Crippen LogP contribution is -2.27. The number of amides is 1. The number of nitrogens with one attached hydrogen (secondary N) is 1. The van der Waals surface area contributed by atoms with E-state index in [9.17, 15) is 23.7 Å². The minimum absolute atomic E-state index is 0.178. The Morgan fingerprint density at radius 2 is 2.10 bits per heavy atom. The molecule has 1 aromatic heterocycles. The summed E-state index contributed by atoms with van der Waals surface area (Å²) >= 11 is 1.50. The van der Waals surface area contributed by atoms with Crippen molar-refractivity contribution in [3.8, 4) is 0 Å². The molecule has 0 unspecified atom stereocenters. The van der Waals surface area contributed by atoms with E-state index in [0.717, 1.165) is 5.56 Å². The van der Waals surface area contributed by atoms with Crippen LogP contribution in [0.5, 0.6) is 0 Å². The standard InChI is InChI=1S/C13H10F2N2O3S/c14-9-1-2-10(17(19)20)12(15)11(9)13(18)16-5-3-8-4-6-21-7-8/h1-2,4,6-7H,3,5H2,(H,16,18). The van der Waals surface area contributed by atoms with Gasteiger partial charge in [-0.1, -0.05) is 0 Å². The Kier molecular flexibility index (Phi) is 4.59. The van der Waals surface area contributed by atoms with Crippen LogP contribution in [0.3, 0.4) is 0 Å². The molecule has 2 rings (SSSR count). The van der Waals surface area contributed by atoms with Gasteiger partial charge >= 0.3 is 5.69 Å². The molecule has 0 saturated heterocycles. The molecule has 0 saturated carbocycles. The van der Waals surface area contributed by atoms with Crippen LogP contribution in [-0.4, -0.2) is 17.4 Å². The number of thiophene rings is 1. The number of rotatable bonds is 5. The van der Waals surface area contributed by atoms with Crippen LogP contribution >= 0.6 is 11.3 Å². The summed E-state index contributed by atoms with van der Waals surface area (Å²) < 4.78 is 27.3. The minimum Gasteiger partial charge on any atom is -0.352 e. The molecular formula is C13H10F2N2O3S. The minimum atomic E-state index is -1.46. The van der Waals surface area contributed by atoms with Gasteiger partial charge in [-0.25, -0.2) is 4.39 Å². The van der Waals surface area contributed by atoms with Crippen molar-refractivity contribution in [3.05, 3.63) is 61.8 Å². The van der Waals surface area contributed by atoms with Crippen molar-refractivity contribution in [3.63, 3.8) is 0 Å². The molecule has 21 heavy (non-hydrogen) atoms. The van der Waals surface area contributed by atoms with Gasteiger partial charge in [0.15, 0.2) is 0 Å². The average molecular weight is 312 g/mol. The van der Waals surface area contributed by atoms with E-state index in [1.165, 1.54) is 11.3 Å². The predicted octanol–water partition coefficient (Wildman–Crippen LogP) is 2.91. The van der Waals surface area contributed by atoms with Crippen molar-refractivity contribution < 1.29 is 18.5 Å². The maximum absolute atomic E-state index is 13.8. The maximum Gasteiger partial charge on any atom is 0.305 e. The summed E-state index contributed by atoms with van der Waals surface area (Å²) in [4.78, 5) is 21.4. The molecule has 0 atom stereocenters. The van der Waals surface area contributed by atoms with E-state index in [1.807, 2.05) is 16.8 Å². The number of nitro groups is 1. The Balaban J connectivity index is 2.11. The molecule has 5 nitrogen and oxygen atoms in total. The second-order valence-electron chi connectivity index (χ2n) is 4.15. The van der Waals surface area contributed by atoms with E-state index < -0.39 is 33.7 Å². The number of carbonyl (C=O) groups excluding carboxylic acids is 1.